The molecule has 0 heterocycles. The number of carboxylic acid groups (broad SMARTS) is 1. The van der Waals surface area contributed by atoms with Crippen molar-refractivity contribution in [3.8, 4) is 0 Å². The van der Waals surface area contributed by atoms with Crippen molar-refractivity contribution >= 4 is 29.3 Å². The van der Waals surface area contributed by atoms with Crippen molar-refractivity contribution in [3.05, 3.63) is 65.2 Å². The topological polar surface area (TPSA) is 78.4 Å². The molecule has 2 amide bonds. The minimum Gasteiger partial charge on any atom is -0.481 e. The van der Waals surface area contributed by atoms with E-state index in [9.17, 15) is 9.59 Å². The Morgan fingerprint density at radius 3 is 2.45 bits per heavy atom. The molecule has 22 heavy (non-hydrogen) atoms. The maximum atomic E-state index is 12.0. The van der Waals surface area contributed by atoms with Crippen molar-refractivity contribution in [2.75, 3.05) is 5.32 Å². The highest BCUT2D eigenvalue weighted by Gasteiger charge is 2.18. The van der Waals surface area contributed by atoms with Crippen LogP contribution in [-0.4, -0.2) is 17.1 Å². The van der Waals surface area contributed by atoms with Crippen LogP contribution in [0.25, 0.3) is 0 Å². The fraction of sp³-hybridized carbons (Fsp3) is 0.125. The van der Waals surface area contributed by atoms with Crippen molar-refractivity contribution < 1.29 is 14.7 Å². The summed E-state index contributed by atoms with van der Waals surface area (Å²) in [5.74, 6) is -1.01. The molecule has 6 heteroatoms. The number of urea groups is 1. The van der Waals surface area contributed by atoms with E-state index in [1.807, 2.05) is 6.07 Å². The van der Waals surface area contributed by atoms with E-state index < -0.39 is 18.0 Å². The van der Waals surface area contributed by atoms with Crippen molar-refractivity contribution in [1.29, 1.82) is 0 Å². The van der Waals surface area contributed by atoms with Gasteiger partial charge in [-0.25, -0.2) is 4.79 Å². The molecule has 2 aromatic rings. The van der Waals surface area contributed by atoms with Gasteiger partial charge in [0.25, 0.3) is 0 Å². The van der Waals surface area contributed by atoms with Crippen molar-refractivity contribution in [1.82, 2.24) is 5.32 Å². The summed E-state index contributed by atoms with van der Waals surface area (Å²) in [6, 6.07) is 14.5. The van der Waals surface area contributed by atoms with Gasteiger partial charge in [0.1, 0.15) is 0 Å². The van der Waals surface area contributed by atoms with Gasteiger partial charge in [-0.15, -0.1) is 0 Å². The summed E-state index contributed by atoms with van der Waals surface area (Å²) in [6.45, 7) is 0. The van der Waals surface area contributed by atoms with Gasteiger partial charge in [-0.3, -0.25) is 4.79 Å². The van der Waals surface area contributed by atoms with E-state index >= 15 is 0 Å². The molecule has 114 valence electrons. The van der Waals surface area contributed by atoms with Gasteiger partial charge in [0.15, 0.2) is 0 Å². The van der Waals surface area contributed by atoms with Gasteiger partial charge in [0.05, 0.1) is 12.5 Å². The fourth-order valence-electron chi connectivity index (χ4n) is 2.00. The molecule has 0 spiro atoms. The number of halogens is 1. The summed E-state index contributed by atoms with van der Waals surface area (Å²) in [6.07, 6.45) is -0.234. The average Bonchev–Trinajstić information content (AvgIpc) is 2.47. The number of hydrogen-bond donors (Lipinski definition) is 3. The normalized spacial score (nSPS) is 11.5. The molecule has 2 aromatic carbocycles. The molecular formula is C16H15ClN2O3. The van der Waals surface area contributed by atoms with Crippen LogP contribution >= 0.6 is 11.6 Å². The van der Waals surface area contributed by atoms with E-state index in [-0.39, 0.29) is 6.42 Å². The number of para-hydroxylation sites is 1. The third kappa shape index (κ3) is 4.79. The largest absolute Gasteiger partial charge is 0.481 e. The van der Waals surface area contributed by atoms with E-state index in [2.05, 4.69) is 10.6 Å². The summed E-state index contributed by atoms with van der Waals surface area (Å²) in [4.78, 5) is 23.0. The number of carboxylic acids is 1. The monoisotopic (exact) mass is 318 g/mol. The summed E-state index contributed by atoms with van der Waals surface area (Å²) in [5.41, 5.74) is 1.26. The van der Waals surface area contributed by atoms with Crippen LogP contribution in [0.4, 0.5) is 10.5 Å². The van der Waals surface area contributed by atoms with Gasteiger partial charge >= 0.3 is 12.0 Å². The molecule has 0 bridgehead atoms. The maximum absolute atomic E-state index is 12.0. The Hall–Kier alpha value is -2.53. The van der Waals surface area contributed by atoms with Crippen LogP contribution in [0.15, 0.2) is 54.6 Å². The molecule has 1 atom stereocenters. The number of aliphatic carboxylic acids is 1. The highest BCUT2D eigenvalue weighted by molar-refractivity contribution is 6.30. The molecule has 0 saturated heterocycles. The Balaban J connectivity index is 2.09. The molecule has 0 aliphatic carbocycles. The van der Waals surface area contributed by atoms with Gasteiger partial charge < -0.3 is 15.7 Å². The number of nitrogens with one attached hydrogen (secondary N) is 2. The Morgan fingerprint density at radius 1 is 1.09 bits per heavy atom. The van der Waals surface area contributed by atoms with Crippen LogP contribution in [0.1, 0.15) is 18.0 Å². The predicted molar refractivity (Wildman–Crippen MR) is 85.0 cm³/mol. The lowest BCUT2D eigenvalue weighted by Gasteiger charge is -2.18. The molecule has 0 aromatic heterocycles. The standard InChI is InChI=1S/C16H15ClN2O3/c17-12-6-4-5-11(9-12)14(10-15(20)21)19-16(22)18-13-7-2-1-3-8-13/h1-9,14H,10H2,(H,20,21)(H2,18,19,22)/t14-/m0/s1. The smallest absolute Gasteiger partial charge is 0.319 e. The van der Waals surface area contributed by atoms with Gasteiger partial charge in [0, 0.05) is 10.7 Å². The number of amides is 2. The van der Waals surface area contributed by atoms with E-state index in [0.29, 0.717) is 16.3 Å². The fourth-order valence-corrected chi connectivity index (χ4v) is 2.20. The first-order valence-electron chi connectivity index (χ1n) is 6.64. The third-order valence-electron chi connectivity index (χ3n) is 2.97. The third-order valence-corrected chi connectivity index (χ3v) is 3.20. The van der Waals surface area contributed by atoms with Crippen LogP contribution in [0.2, 0.25) is 5.02 Å². The van der Waals surface area contributed by atoms with E-state index in [4.69, 9.17) is 16.7 Å². The van der Waals surface area contributed by atoms with E-state index in [0.717, 1.165) is 0 Å². The minimum absolute atomic E-state index is 0.234. The van der Waals surface area contributed by atoms with Crippen LogP contribution in [0.5, 0.6) is 0 Å². The van der Waals surface area contributed by atoms with E-state index in [1.165, 1.54) is 0 Å². The molecule has 0 aliphatic heterocycles. The Bertz CT molecular complexity index is 661. The van der Waals surface area contributed by atoms with Crippen molar-refractivity contribution in [3.63, 3.8) is 0 Å². The zero-order chi connectivity index (χ0) is 15.9. The Morgan fingerprint density at radius 2 is 1.82 bits per heavy atom. The summed E-state index contributed by atoms with van der Waals surface area (Å²) in [5, 5.41) is 14.8. The first kappa shape index (κ1) is 15.9. The summed E-state index contributed by atoms with van der Waals surface area (Å²) < 4.78 is 0. The van der Waals surface area contributed by atoms with Crippen LogP contribution < -0.4 is 10.6 Å². The molecule has 0 radical (unpaired) electrons. The Kier molecular flexibility index (Phi) is 5.38. The summed E-state index contributed by atoms with van der Waals surface area (Å²) in [7, 11) is 0. The first-order chi connectivity index (χ1) is 10.5. The predicted octanol–water partition coefficient (Wildman–Crippen LogP) is 3.68. The summed E-state index contributed by atoms with van der Waals surface area (Å²) >= 11 is 5.92. The van der Waals surface area contributed by atoms with Crippen LogP contribution in [0.3, 0.4) is 0 Å². The minimum atomic E-state index is -1.01. The zero-order valence-electron chi connectivity index (χ0n) is 11.6. The molecule has 0 aliphatic rings. The SMILES string of the molecule is O=C(O)C[C@H](NC(=O)Nc1ccccc1)c1cccc(Cl)c1. The van der Waals surface area contributed by atoms with Crippen LogP contribution in [0, 0.1) is 0 Å². The Labute approximate surface area is 132 Å². The molecule has 2 rings (SSSR count). The number of benzene rings is 2. The highest BCUT2D eigenvalue weighted by Crippen LogP contribution is 2.21. The van der Waals surface area contributed by atoms with Crippen molar-refractivity contribution in [2.24, 2.45) is 0 Å². The first-order valence-corrected chi connectivity index (χ1v) is 7.02. The lowest BCUT2D eigenvalue weighted by molar-refractivity contribution is -0.137. The number of carbonyl (C=O) groups excluding carboxylic acids is 1. The van der Waals surface area contributed by atoms with Crippen molar-refractivity contribution in [2.45, 2.75) is 12.5 Å². The molecule has 0 fully saturated rings. The maximum Gasteiger partial charge on any atom is 0.319 e. The van der Waals surface area contributed by atoms with Gasteiger partial charge in [0.2, 0.25) is 0 Å². The average molecular weight is 319 g/mol. The number of hydrogen-bond acceptors (Lipinski definition) is 2. The molecule has 3 N–H and O–H groups in total. The molecule has 5 nitrogen and oxygen atoms in total. The number of carbonyl (C=O) groups is 2. The molecule has 0 unspecified atom stereocenters. The number of anilines is 1. The lowest BCUT2D eigenvalue weighted by Crippen LogP contribution is -2.33. The number of rotatable bonds is 5. The van der Waals surface area contributed by atoms with Gasteiger partial charge in [-0.05, 0) is 29.8 Å². The van der Waals surface area contributed by atoms with E-state index in [1.54, 1.807) is 48.5 Å². The highest BCUT2D eigenvalue weighted by atomic mass is 35.5. The van der Waals surface area contributed by atoms with Gasteiger partial charge in [-0.1, -0.05) is 41.9 Å². The zero-order valence-corrected chi connectivity index (χ0v) is 12.4. The molecular weight excluding hydrogens is 304 g/mol. The lowest BCUT2D eigenvalue weighted by atomic mass is 10.0. The second-order valence-corrected chi connectivity index (χ2v) is 5.11. The van der Waals surface area contributed by atoms with Crippen LogP contribution in [-0.2, 0) is 4.79 Å². The van der Waals surface area contributed by atoms with Gasteiger partial charge in [-0.2, -0.15) is 0 Å². The second-order valence-electron chi connectivity index (χ2n) is 4.67. The molecule has 0 saturated carbocycles. The second kappa shape index (κ2) is 7.47. The quantitative estimate of drug-likeness (QED) is 0.787.